The van der Waals surface area contributed by atoms with Gasteiger partial charge in [0.1, 0.15) is 0 Å². The van der Waals surface area contributed by atoms with Crippen molar-refractivity contribution in [3.63, 3.8) is 0 Å². The molecule has 0 saturated carbocycles. The van der Waals surface area contributed by atoms with Crippen LogP contribution in [0.5, 0.6) is 0 Å². The van der Waals surface area contributed by atoms with Crippen LogP contribution in [0.25, 0.3) is 0 Å². The third kappa shape index (κ3) is 6.50. The maximum Gasteiger partial charge on any atom is 0.298 e. The SMILES string of the molecule is C=CCC(OS(=O)(=O)c1ccccc1)(C(CC)CCC)S(=O)(=O)C1(C(=O)c2ccccc2)C=CC=C(CCCC)C1. The van der Waals surface area contributed by atoms with Crippen LogP contribution in [0.1, 0.15) is 82.5 Å². The molecule has 0 bridgehead atoms. The van der Waals surface area contributed by atoms with Gasteiger partial charge in [0.25, 0.3) is 10.1 Å². The van der Waals surface area contributed by atoms with E-state index in [-0.39, 0.29) is 23.3 Å². The molecule has 1 aliphatic carbocycles. The fourth-order valence-corrected chi connectivity index (χ4v) is 10.2. The first kappa shape index (κ1) is 32.7. The second kappa shape index (κ2) is 13.9. The minimum atomic E-state index is -4.74. The summed E-state index contributed by atoms with van der Waals surface area (Å²) >= 11 is 0. The van der Waals surface area contributed by atoms with Crippen LogP contribution >= 0.6 is 0 Å². The maximum absolute atomic E-state index is 15.4. The average Bonchev–Trinajstić information content (AvgIpc) is 2.98. The molecule has 0 saturated heterocycles. The largest absolute Gasteiger partial charge is 0.298 e. The standard InChI is InChI=1S/C33H42O6S2/c1-5-9-18-27-19-16-25-32(26-27,31(34)28-20-12-10-13-21-28)41(37,38)33(24-7-3,29(8-4)17-6-2)39-40(35,36)30-22-14-11-15-23-30/h7,10-16,19-23,25,29H,3,5-6,8-9,17-18,24,26H2,1-2,4H3. The first-order valence-corrected chi connectivity index (χ1v) is 17.3. The predicted octanol–water partition coefficient (Wildman–Crippen LogP) is 7.60. The first-order valence-electron chi connectivity index (χ1n) is 14.4. The Kier molecular flexibility index (Phi) is 11.1. The Hall–Kier alpha value is -2.81. The smallest absolute Gasteiger partial charge is 0.292 e. The number of rotatable bonds is 16. The minimum absolute atomic E-state index is 0.0737. The van der Waals surface area contributed by atoms with Crippen LogP contribution in [-0.4, -0.2) is 32.3 Å². The van der Waals surface area contributed by atoms with Gasteiger partial charge in [0.05, 0.1) is 4.90 Å². The lowest BCUT2D eigenvalue weighted by molar-refractivity contribution is 0.0806. The van der Waals surface area contributed by atoms with E-state index in [4.69, 9.17) is 4.18 Å². The normalized spacial score (nSPS) is 19.6. The van der Waals surface area contributed by atoms with Gasteiger partial charge in [-0.2, -0.15) is 8.42 Å². The van der Waals surface area contributed by atoms with Gasteiger partial charge in [-0.1, -0.05) is 112 Å². The van der Waals surface area contributed by atoms with E-state index in [9.17, 15) is 13.2 Å². The van der Waals surface area contributed by atoms with E-state index in [2.05, 4.69) is 6.58 Å². The number of carbonyl (C=O) groups is 1. The van der Waals surface area contributed by atoms with Gasteiger partial charge in [0, 0.05) is 17.9 Å². The number of allylic oxidation sites excluding steroid dienone is 3. The summed E-state index contributed by atoms with van der Waals surface area (Å²) in [7, 11) is -9.30. The van der Waals surface area contributed by atoms with Crippen LogP contribution in [0.4, 0.5) is 0 Å². The molecule has 8 heteroatoms. The fraction of sp³-hybridized carbons (Fsp3) is 0.424. The van der Waals surface area contributed by atoms with E-state index in [1.807, 2.05) is 26.8 Å². The molecular formula is C33H42O6S2. The summed E-state index contributed by atoms with van der Waals surface area (Å²) in [4.78, 5) is 12.0. The zero-order valence-corrected chi connectivity index (χ0v) is 25.9. The number of benzene rings is 2. The molecule has 0 fully saturated rings. The molecule has 2 aromatic carbocycles. The fourth-order valence-electron chi connectivity index (χ4n) is 5.72. The van der Waals surface area contributed by atoms with Gasteiger partial charge in [0.2, 0.25) is 0 Å². The molecule has 0 N–H and O–H groups in total. The molecule has 1 aliphatic rings. The van der Waals surface area contributed by atoms with Gasteiger partial charge in [-0.3, -0.25) is 4.79 Å². The summed E-state index contributed by atoms with van der Waals surface area (Å²) in [5, 5.41) is 0. The Labute approximate surface area is 246 Å². The second-order valence-corrected chi connectivity index (χ2v) is 14.6. The van der Waals surface area contributed by atoms with Gasteiger partial charge in [-0.15, -0.1) is 6.58 Å². The number of carbonyl (C=O) groups excluding carboxylic acids is 1. The monoisotopic (exact) mass is 598 g/mol. The van der Waals surface area contributed by atoms with E-state index < -0.39 is 41.3 Å². The number of hydrogen-bond donors (Lipinski definition) is 0. The summed E-state index contributed by atoms with van der Waals surface area (Å²) in [5.41, 5.74) is 1.06. The summed E-state index contributed by atoms with van der Waals surface area (Å²) in [6.07, 6.45) is 9.60. The number of unbranched alkanes of at least 4 members (excludes halogenated alkanes) is 1. The maximum atomic E-state index is 15.4. The van der Waals surface area contributed by atoms with Gasteiger partial charge in [-0.25, -0.2) is 12.6 Å². The van der Waals surface area contributed by atoms with Gasteiger partial charge < -0.3 is 0 Å². The molecule has 0 amide bonds. The summed E-state index contributed by atoms with van der Waals surface area (Å²) < 4.78 is 62.3. The Morgan fingerprint density at radius 3 is 2.20 bits per heavy atom. The highest BCUT2D eigenvalue weighted by Gasteiger charge is 2.63. The molecule has 0 radical (unpaired) electrons. The zero-order valence-electron chi connectivity index (χ0n) is 24.3. The van der Waals surface area contributed by atoms with Crippen molar-refractivity contribution in [3.8, 4) is 0 Å². The highest BCUT2D eigenvalue weighted by Crippen LogP contribution is 2.49. The lowest BCUT2D eigenvalue weighted by atomic mass is 9.85. The van der Waals surface area contributed by atoms with E-state index in [1.54, 1.807) is 54.6 Å². The molecule has 3 atom stereocenters. The van der Waals surface area contributed by atoms with Crippen molar-refractivity contribution in [3.05, 3.63) is 103 Å². The highest BCUT2D eigenvalue weighted by atomic mass is 32.2. The molecule has 3 unspecified atom stereocenters. The lowest BCUT2D eigenvalue weighted by Crippen LogP contribution is -2.60. The third-order valence-corrected chi connectivity index (χ3v) is 12.2. The molecule has 222 valence electrons. The number of ketones is 1. The number of hydrogen-bond acceptors (Lipinski definition) is 6. The van der Waals surface area contributed by atoms with Gasteiger partial charge in [0.15, 0.2) is 25.3 Å². The molecule has 6 nitrogen and oxygen atoms in total. The van der Waals surface area contributed by atoms with Crippen LogP contribution < -0.4 is 0 Å². The van der Waals surface area contributed by atoms with Crippen LogP contribution in [0, 0.1) is 5.92 Å². The summed E-state index contributed by atoms with van der Waals surface area (Å²) in [6.45, 7) is 9.59. The lowest BCUT2D eigenvalue weighted by Gasteiger charge is -2.45. The molecular weight excluding hydrogens is 556 g/mol. The van der Waals surface area contributed by atoms with Crippen LogP contribution in [0.3, 0.4) is 0 Å². The molecule has 3 rings (SSSR count). The summed E-state index contributed by atoms with van der Waals surface area (Å²) in [5.74, 6) is -1.33. The van der Waals surface area contributed by atoms with E-state index >= 15 is 8.42 Å². The average molecular weight is 599 g/mol. The molecule has 0 aliphatic heterocycles. The van der Waals surface area contributed by atoms with Crippen LogP contribution in [-0.2, 0) is 24.1 Å². The van der Waals surface area contributed by atoms with Crippen molar-refractivity contribution in [2.24, 2.45) is 5.92 Å². The highest BCUT2D eigenvalue weighted by molar-refractivity contribution is 7.96. The van der Waals surface area contributed by atoms with Gasteiger partial charge >= 0.3 is 0 Å². The molecule has 0 aromatic heterocycles. The van der Waals surface area contributed by atoms with Crippen molar-refractivity contribution in [2.75, 3.05) is 0 Å². The van der Waals surface area contributed by atoms with Crippen LogP contribution in [0.15, 0.2) is 102 Å². The van der Waals surface area contributed by atoms with Crippen molar-refractivity contribution in [2.45, 2.75) is 86.7 Å². The van der Waals surface area contributed by atoms with E-state index in [0.29, 0.717) is 25.7 Å². The number of Topliss-reactive ketones (excluding diaryl/α,β-unsaturated/α-hetero) is 1. The minimum Gasteiger partial charge on any atom is -0.292 e. The molecule has 41 heavy (non-hydrogen) atoms. The summed E-state index contributed by atoms with van der Waals surface area (Å²) in [6, 6.07) is 15.8. The van der Waals surface area contributed by atoms with Crippen molar-refractivity contribution in [1.82, 2.24) is 0 Å². The quantitative estimate of drug-likeness (QED) is 0.112. The topological polar surface area (TPSA) is 94.6 Å². The Bertz CT molecular complexity index is 1460. The molecule has 0 heterocycles. The Morgan fingerprint density at radius 1 is 1.00 bits per heavy atom. The molecule has 2 aromatic rings. The number of sulfone groups is 1. The van der Waals surface area contributed by atoms with Crippen molar-refractivity contribution in [1.29, 1.82) is 0 Å². The zero-order chi connectivity index (χ0) is 30.2. The van der Waals surface area contributed by atoms with Crippen molar-refractivity contribution >= 4 is 25.7 Å². The van der Waals surface area contributed by atoms with Crippen molar-refractivity contribution < 1.29 is 25.8 Å². The third-order valence-electron chi connectivity index (χ3n) is 7.86. The van der Waals surface area contributed by atoms with Crippen LogP contribution in [0.2, 0.25) is 0 Å². The first-order chi connectivity index (χ1) is 19.5. The van der Waals surface area contributed by atoms with E-state index in [0.717, 1.165) is 18.4 Å². The molecule has 0 spiro atoms. The second-order valence-electron chi connectivity index (χ2n) is 10.6. The predicted molar refractivity (Wildman–Crippen MR) is 165 cm³/mol. The van der Waals surface area contributed by atoms with Gasteiger partial charge in [-0.05, 0) is 44.2 Å². The Balaban J connectivity index is 2.36. The Morgan fingerprint density at radius 2 is 1.63 bits per heavy atom. The van der Waals surface area contributed by atoms with E-state index in [1.165, 1.54) is 24.3 Å².